The summed E-state index contributed by atoms with van der Waals surface area (Å²) in [6.07, 6.45) is -0.259. The highest BCUT2D eigenvalue weighted by Crippen LogP contribution is 2.44. The Morgan fingerprint density at radius 2 is 2.03 bits per heavy atom. The van der Waals surface area contributed by atoms with E-state index in [4.69, 9.17) is 19.0 Å². The van der Waals surface area contributed by atoms with E-state index in [1.165, 1.54) is 6.92 Å². The van der Waals surface area contributed by atoms with Crippen molar-refractivity contribution in [2.75, 3.05) is 19.2 Å². The molecule has 4 rings (SSSR count). The molecule has 0 fully saturated rings. The number of carbonyl (C=O) groups is 1. The van der Waals surface area contributed by atoms with Crippen LogP contribution in [0.5, 0.6) is 11.5 Å². The van der Waals surface area contributed by atoms with Gasteiger partial charge in [0, 0.05) is 25.4 Å². The van der Waals surface area contributed by atoms with E-state index in [1.54, 1.807) is 42.5 Å². The Kier molecular flexibility index (Phi) is 5.94. The summed E-state index contributed by atoms with van der Waals surface area (Å²) in [5.41, 5.74) is 1.81. The van der Waals surface area contributed by atoms with E-state index >= 15 is 0 Å². The van der Waals surface area contributed by atoms with Gasteiger partial charge in [-0.3, -0.25) is 0 Å². The molecule has 2 aliphatic rings. The smallest absolute Gasteiger partial charge is 0.335 e. The molecule has 2 aromatic rings. The molecular weight excluding hydrogens is 436 g/mol. The van der Waals surface area contributed by atoms with Crippen molar-refractivity contribution < 1.29 is 32.6 Å². The number of hydrogen-bond acceptors (Lipinski definition) is 6. The molecule has 2 aromatic carbocycles. The molecule has 1 atom stereocenters. The van der Waals surface area contributed by atoms with Gasteiger partial charge < -0.3 is 29.7 Å². The van der Waals surface area contributed by atoms with Gasteiger partial charge in [0.1, 0.15) is 0 Å². The summed E-state index contributed by atoms with van der Waals surface area (Å²) in [6, 6.07) is 11.7. The van der Waals surface area contributed by atoms with Crippen molar-refractivity contribution in [3.05, 3.63) is 65.7 Å². The number of alkyl halides is 2. The topological polar surface area (TPSA) is 90.4 Å². The first-order chi connectivity index (χ1) is 15.7. The third-order valence-electron chi connectivity index (χ3n) is 5.39. The normalized spacial score (nSPS) is 19.0. The minimum Gasteiger partial charge on any atom is -0.454 e. The number of amides is 2. The maximum absolute atomic E-state index is 14.6. The predicted octanol–water partition coefficient (Wildman–Crippen LogP) is 4.42. The molecule has 174 valence electrons. The fourth-order valence-electron chi connectivity index (χ4n) is 3.49. The van der Waals surface area contributed by atoms with Crippen LogP contribution in [0, 0.1) is 0 Å². The molecule has 0 aliphatic carbocycles. The van der Waals surface area contributed by atoms with Crippen molar-refractivity contribution in [3.63, 3.8) is 0 Å². The number of methoxy groups -OCH3 is 1. The van der Waals surface area contributed by atoms with Gasteiger partial charge in [0.15, 0.2) is 11.5 Å². The lowest BCUT2D eigenvalue weighted by Gasteiger charge is -2.33. The van der Waals surface area contributed by atoms with Crippen molar-refractivity contribution in [3.8, 4) is 11.5 Å². The highest BCUT2D eigenvalue weighted by Gasteiger charge is 2.61. The first-order valence-electron chi connectivity index (χ1n) is 10.1. The van der Waals surface area contributed by atoms with Crippen molar-refractivity contribution in [1.29, 1.82) is 0 Å². The van der Waals surface area contributed by atoms with Crippen LogP contribution in [0.1, 0.15) is 24.5 Å². The molecule has 0 saturated carbocycles. The van der Waals surface area contributed by atoms with Gasteiger partial charge in [0.25, 0.3) is 0 Å². The van der Waals surface area contributed by atoms with Gasteiger partial charge in [-0.2, -0.15) is 8.78 Å². The molecule has 2 amide bonds. The number of hydrogen-bond donors (Lipinski definition) is 2. The number of fused-ring (bicyclic) bond motifs is 1. The van der Waals surface area contributed by atoms with Crippen LogP contribution < -0.4 is 20.1 Å². The van der Waals surface area contributed by atoms with E-state index in [2.05, 4.69) is 22.4 Å². The second-order valence-electron chi connectivity index (χ2n) is 7.69. The molecule has 0 spiro atoms. The molecule has 0 saturated heterocycles. The van der Waals surface area contributed by atoms with Gasteiger partial charge >= 0.3 is 17.7 Å². The first-order valence-corrected chi connectivity index (χ1v) is 10.1. The number of benzene rings is 2. The summed E-state index contributed by atoms with van der Waals surface area (Å²) in [5.74, 6) is -4.49. The minimum absolute atomic E-state index is 0.147. The number of nitrogens with one attached hydrogen (secondary N) is 2. The average Bonchev–Trinajstić information content (AvgIpc) is 3.45. The highest BCUT2D eigenvalue weighted by molar-refractivity contribution is 6.01. The van der Waals surface area contributed by atoms with Crippen molar-refractivity contribution >= 4 is 17.4 Å². The Bertz CT molecular complexity index is 1120. The van der Waals surface area contributed by atoms with Crippen molar-refractivity contribution in [2.24, 2.45) is 5.16 Å². The maximum Gasteiger partial charge on any atom is 0.335 e. The quantitative estimate of drug-likeness (QED) is 0.599. The molecule has 8 nitrogen and oxygen atoms in total. The maximum atomic E-state index is 14.6. The molecule has 1 unspecified atom stereocenters. The van der Waals surface area contributed by atoms with Gasteiger partial charge in [-0.1, -0.05) is 29.9 Å². The van der Waals surface area contributed by atoms with Crippen LogP contribution >= 0.6 is 0 Å². The van der Waals surface area contributed by atoms with Crippen LogP contribution in [0.2, 0.25) is 0 Å². The number of anilines is 1. The van der Waals surface area contributed by atoms with Crippen LogP contribution in [0.3, 0.4) is 0 Å². The SMILES string of the molecule is C=C(C)C(F)(F)C1(OC)CC(c2cccc(CNC(=O)Nc3ccc4c(c3)OCO4)c2)=NO1. The van der Waals surface area contributed by atoms with Crippen LogP contribution in [0.4, 0.5) is 19.3 Å². The number of ether oxygens (including phenoxy) is 3. The van der Waals surface area contributed by atoms with E-state index < -0.39 is 17.7 Å². The highest BCUT2D eigenvalue weighted by atomic mass is 19.3. The van der Waals surface area contributed by atoms with E-state index in [0.29, 0.717) is 28.5 Å². The number of carbonyl (C=O) groups excluding carboxylic acids is 1. The molecule has 0 bridgehead atoms. The van der Waals surface area contributed by atoms with Crippen LogP contribution in [0.25, 0.3) is 0 Å². The zero-order valence-corrected chi connectivity index (χ0v) is 18.1. The van der Waals surface area contributed by atoms with Gasteiger partial charge in [0.2, 0.25) is 6.79 Å². The van der Waals surface area contributed by atoms with Gasteiger partial charge in [-0.15, -0.1) is 0 Å². The standard InChI is InChI=1S/C23H23F2N3O5/c1-14(2)23(24,25)22(30-3)11-18(28-33-22)16-6-4-5-15(9-16)12-26-21(29)27-17-7-8-19-20(10-17)32-13-31-19/h4-10H,1,11-13H2,2-3H3,(H2,26,27,29). The molecular formula is C23H23F2N3O5. The zero-order valence-electron chi connectivity index (χ0n) is 18.1. The number of urea groups is 1. The van der Waals surface area contributed by atoms with E-state index in [1.807, 2.05) is 0 Å². The predicted molar refractivity (Wildman–Crippen MR) is 117 cm³/mol. The second kappa shape index (κ2) is 8.70. The van der Waals surface area contributed by atoms with E-state index in [-0.39, 0.29) is 25.3 Å². The lowest BCUT2D eigenvalue weighted by molar-refractivity contribution is -0.303. The lowest BCUT2D eigenvalue weighted by atomic mass is 9.94. The molecule has 33 heavy (non-hydrogen) atoms. The Labute approximate surface area is 189 Å². The largest absolute Gasteiger partial charge is 0.454 e. The summed E-state index contributed by atoms with van der Waals surface area (Å²) in [5, 5.41) is 9.32. The molecule has 2 heterocycles. The number of oxime groups is 1. The lowest BCUT2D eigenvalue weighted by Crippen LogP contribution is -2.50. The molecule has 2 aliphatic heterocycles. The Hall–Kier alpha value is -3.66. The van der Waals surface area contributed by atoms with Gasteiger partial charge in [0.05, 0.1) is 12.1 Å². The molecule has 2 N–H and O–H groups in total. The first kappa shape index (κ1) is 22.5. The average molecular weight is 459 g/mol. The van der Waals surface area contributed by atoms with Crippen LogP contribution in [0.15, 0.2) is 59.8 Å². The third-order valence-corrected chi connectivity index (χ3v) is 5.39. The molecule has 10 heteroatoms. The minimum atomic E-state index is -3.43. The van der Waals surface area contributed by atoms with Crippen molar-refractivity contribution in [1.82, 2.24) is 5.32 Å². The van der Waals surface area contributed by atoms with Crippen LogP contribution in [-0.4, -0.2) is 37.4 Å². The second-order valence-corrected chi connectivity index (χ2v) is 7.69. The Balaban J connectivity index is 1.38. The molecule has 0 radical (unpaired) electrons. The fourth-order valence-corrected chi connectivity index (χ4v) is 3.49. The monoisotopic (exact) mass is 459 g/mol. The Morgan fingerprint density at radius 1 is 1.24 bits per heavy atom. The van der Waals surface area contributed by atoms with Crippen molar-refractivity contribution in [2.45, 2.75) is 31.6 Å². The number of rotatable bonds is 7. The van der Waals surface area contributed by atoms with E-state index in [9.17, 15) is 13.6 Å². The van der Waals surface area contributed by atoms with E-state index in [0.717, 1.165) is 12.7 Å². The zero-order chi connectivity index (χ0) is 23.6. The summed E-state index contributed by atoms with van der Waals surface area (Å²) in [7, 11) is 1.15. The summed E-state index contributed by atoms with van der Waals surface area (Å²) in [4.78, 5) is 17.4. The van der Waals surface area contributed by atoms with Gasteiger partial charge in [-0.25, -0.2) is 4.79 Å². The summed E-state index contributed by atoms with van der Waals surface area (Å²) >= 11 is 0. The third kappa shape index (κ3) is 4.34. The number of halogens is 2. The van der Waals surface area contributed by atoms with Gasteiger partial charge in [-0.05, 0) is 41.8 Å². The fraction of sp³-hybridized carbons (Fsp3) is 0.304. The Morgan fingerprint density at radius 3 is 2.79 bits per heavy atom. The summed E-state index contributed by atoms with van der Waals surface area (Å²) < 4.78 is 44.9. The molecule has 0 aromatic heterocycles. The van der Waals surface area contributed by atoms with Crippen LogP contribution in [-0.2, 0) is 16.1 Å². The number of nitrogens with zero attached hydrogens (tertiary/aromatic N) is 1. The summed E-state index contributed by atoms with van der Waals surface area (Å²) in [6.45, 7) is 4.91.